The molecule has 2 N–H and O–H groups in total. The molecular weight excluding hydrogens is 290 g/mol. The molecule has 6 nitrogen and oxygen atoms in total. The van der Waals surface area contributed by atoms with Crippen molar-refractivity contribution in [3.05, 3.63) is 60.0 Å². The van der Waals surface area contributed by atoms with Gasteiger partial charge >= 0.3 is 0 Å². The maximum Gasteiger partial charge on any atom is 0.246 e. The Morgan fingerprint density at radius 3 is 2.61 bits per heavy atom. The van der Waals surface area contributed by atoms with Crippen LogP contribution in [0.1, 0.15) is 17.4 Å². The molecular formula is C17H17N5O. The molecule has 3 aromatic rings. The molecule has 0 fully saturated rings. The molecule has 2 heterocycles. The second-order valence-electron chi connectivity index (χ2n) is 5.10. The molecule has 0 aliphatic rings. The number of likely N-dealkylation sites (N-methyl/N-ethyl adjacent to an activating group) is 1. The summed E-state index contributed by atoms with van der Waals surface area (Å²) in [6.45, 7) is 1.80. The average molecular weight is 307 g/mol. The molecule has 0 bridgehead atoms. The molecule has 6 heteroatoms. The number of carbonyl (C=O) groups is 1. The summed E-state index contributed by atoms with van der Waals surface area (Å²) in [4.78, 5) is 25.3. The second kappa shape index (κ2) is 6.39. The third-order valence-electron chi connectivity index (χ3n) is 3.51. The number of amides is 1. The highest BCUT2D eigenvalue weighted by atomic mass is 16.2. The van der Waals surface area contributed by atoms with Gasteiger partial charge in [-0.05, 0) is 24.6 Å². The van der Waals surface area contributed by atoms with Crippen molar-refractivity contribution < 1.29 is 4.79 Å². The van der Waals surface area contributed by atoms with E-state index in [0.29, 0.717) is 17.3 Å². The summed E-state index contributed by atoms with van der Waals surface area (Å²) in [6, 6.07) is 12.7. The second-order valence-corrected chi connectivity index (χ2v) is 5.10. The van der Waals surface area contributed by atoms with Crippen molar-refractivity contribution in [1.29, 1.82) is 0 Å². The minimum atomic E-state index is -0.543. The lowest BCUT2D eigenvalue weighted by molar-refractivity contribution is -0.121. The lowest BCUT2D eigenvalue weighted by Crippen LogP contribution is -2.31. The van der Waals surface area contributed by atoms with Crippen LogP contribution in [0.5, 0.6) is 0 Å². The van der Waals surface area contributed by atoms with E-state index in [1.807, 2.05) is 42.5 Å². The fourth-order valence-corrected chi connectivity index (χ4v) is 2.41. The van der Waals surface area contributed by atoms with E-state index in [9.17, 15) is 4.79 Å². The van der Waals surface area contributed by atoms with E-state index >= 15 is 0 Å². The normalized spacial score (nSPS) is 11.9. The van der Waals surface area contributed by atoms with Crippen LogP contribution >= 0.6 is 0 Å². The van der Waals surface area contributed by atoms with Crippen LogP contribution in [-0.4, -0.2) is 27.9 Å². The van der Waals surface area contributed by atoms with Gasteiger partial charge in [0.15, 0.2) is 5.65 Å². The number of carbonyl (C=O) groups excluding carboxylic acids is 1. The first-order valence-electron chi connectivity index (χ1n) is 7.31. The lowest BCUT2D eigenvalue weighted by Gasteiger charge is -2.19. The highest BCUT2D eigenvalue weighted by Gasteiger charge is 2.21. The Balaban J connectivity index is 2.05. The van der Waals surface area contributed by atoms with Gasteiger partial charge in [-0.15, -0.1) is 0 Å². The van der Waals surface area contributed by atoms with Crippen LogP contribution < -0.4 is 10.6 Å². The molecule has 0 spiro atoms. The molecule has 1 atom stereocenters. The molecule has 1 amide bonds. The number of hydrogen-bond donors (Lipinski definition) is 2. The van der Waals surface area contributed by atoms with Crippen LogP contribution in [0.4, 0.5) is 5.82 Å². The van der Waals surface area contributed by atoms with E-state index in [1.165, 1.54) is 0 Å². The van der Waals surface area contributed by atoms with Gasteiger partial charge in [-0.3, -0.25) is 4.79 Å². The van der Waals surface area contributed by atoms with Gasteiger partial charge < -0.3 is 10.6 Å². The van der Waals surface area contributed by atoms with Crippen molar-refractivity contribution >= 4 is 22.8 Å². The summed E-state index contributed by atoms with van der Waals surface area (Å²) in [5.74, 6) is 1.06. The summed E-state index contributed by atoms with van der Waals surface area (Å²) >= 11 is 0. The maximum atomic E-state index is 12.3. The predicted molar refractivity (Wildman–Crippen MR) is 88.9 cm³/mol. The fraction of sp³-hybridized carbons (Fsp3) is 0.176. The van der Waals surface area contributed by atoms with Crippen LogP contribution in [0.15, 0.2) is 48.7 Å². The third kappa shape index (κ3) is 3.11. The third-order valence-corrected chi connectivity index (χ3v) is 3.51. The SMILES string of the molecule is CNC(=O)[C@H](Nc1nc(C)nc2ncccc12)c1ccccc1. The largest absolute Gasteiger partial charge is 0.357 e. The van der Waals surface area contributed by atoms with E-state index in [1.54, 1.807) is 20.2 Å². The summed E-state index contributed by atoms with van der Waals surface area (Å²) in [5, 5.41) is 6.69. The monoisotopic (exact) mass is 307 g/mol. The molecule has 0 unspecified atom stereocenters. The van der Waals surface area contributed by atoms with E-state index < -0.39 is 6.04 Å². The Morgan fingerprint density at radius 2 is 1.87 bits per heavy atom. The summed E-state index contributed by atoms with van der Waals surface area (Å²) < 4.78 is 0. The first-order chi connectivity index (χ1) is 11.2. The smallest absolute Gasteiger partial charge is 0.246 e. The highest BCUT2D eigenvalue weighted by molar-refractivity contribution is 5.91. The highest BCUT2D eigenvalue weighted by Crippen LogP contribution is 2.24. The van der Waals surface area contributed by atoms with Gasteiger partial charge in [-0.1, -0.05) is 30.3 Å². The first-order valence-corrected chi connectivity index (χ1v) is 7.31. The average Bonchev–Trinajstić information content (AvgIpc) is 2.59. The number of aromatic nitrogens is 3. The number of pyridine rings is 1. The molecule has 1 aromatic carbocycles. The minimum absolute atomic E-state index is 0.135. The van der Waals surface area contributed by atoms with Gasteiger partial charge in [0.25, 0.3) is 0 Å². The van der Waals surface area contributed by atoms with Crippen molar-refractivity contribution in [2.24, 2.45) is 0 Å². The minimum Gasteiger partial charge on any atom is -0.357 e. The van der Waals surface area contributed by atoms with Gasteiger partial charge in [-0.25, -0.2) is 15.0 Å². The predicted octanol–water partition coefficient (Wildman–Crippen LogP) is 2.23. The van der Waals surface area contributed by atoms with Crippen molar-refractivity contribution in [2.75, 3.05) is 12.4 Å². The molecule has 3 rings (SSSR count). The fourth-order valence-electron chi connectivity index (χ4n) is 2.41. The van der Waals surface area contributed by atoms with Gasteiger partial charge in [0.1, 0.15) is 17.7 Å². The van der Waals surface area contributed by atoms with Gasteiger partial charge in [0.2, 0.25) is 5.91 Å². The standard InChI is InChI=1S/C17H17N5O/c1-11-20-15-13(9-6-10-19-15)16(21-11)22-14(17(23)18-2)12-7-4-3-5-8-12/h3-10,14H,1-2H3,(H,18,23)(H,19,20,21,22)/t14-/m1/s1. The summed E-state index contributed by atoms with van der Waals surface area (Å²) in [5.41, 5.74) is 1.46. The number of fused-ring (bicyclic) bond motifs is 1. The quantitative estimate of drug-likeness (QED) is 0.772. The Bertz CT molecular complexity index is 835. The summed E-state index contributed by atoms with van der Waals surface area (Å²) in [6.07, 6.45) is 1.69. The Labute approximate surface area is 134 Å². The number of anilines is 1. The number of hydrogen-bond acceptors (Lipinski definition) is 5. The lowest BCUT2D eigenvalue weighted by atomic mass is 10.1. The van der Waals surface area contributed by atoms with Crippen LogP contribution in [0, 0.1) is 6.92 Å². The zero-order chi connectivity index (χ0) is 16.2. The summed E-state index contributed by atoms with van der Waals surface area (Å²) in [7, 11) is 1.62. The molecule has 0 aliphatic carbocycles. The van der Waals surface area contributed by atoms with Crippen LogP contribution in [-0.2, 0) is 4.79 Å². The topological polar surface area (TPSA) is 79.8 Å². The van der Waals surface area contributed by atoms with Crippen LogP contribution in [0.25, 0.3) is 11.0 Å². The Hall–Kier alpha value is -3.02. The molecule has 0 radical (unpaired) electrons. The molecule has 0 aliphatic heterocycles. The number of aryl methyl sites for hydroxylation is 1. The zero-order valence-corrected chi connectivity index (χ0v) is 12.9. The van der Waals surface area contributed by atoms with E-state index in [0.717, 1.165) is 10.9 Å². The van der Waals surface area contributed by atoms with Crippen molar-refractivity contribution in [1.82, 2.24) is 20.3 Å². The Kier molecular flexibility index (Phi) is 4.14. The van der Waals surface area contributed by atoms with Crippen LogP contribution in [0.2, 0.25) is 0 Å². The number of nitrogens with one attached hydrogen (secondary N) is 2. The number of nitrogens with zero attached hydrogens (tertiary/aromatic N) is 3. The zero-order valence-electron chi connectivity index (χ0n) is 12.9. The van der Waals surface area contributed by atoms with Crippen LogP contribution in [0.3, 0.4) is 0 Å². The van der Waals surface area contributed by atoms with Gasteiger partial charge in [0, 0.05) is 13.2 Å². The van der Waals surface area contributed by atoms with Gasteiger partial charge in [-0.2, -0.15) is 0 Å². The first kappa shape index (κ1) is 14.9. The van der Waals surface area contributed by atoms with E-state index in [2.05, 4.69) is 25.6 Å². The Morgan fingerprint density at radius 1 is 1.09 bits per heavy atom. The molecule has 116 valence electrons. The number of rotatable bonds is 4. The molecule has 0 saturated heterocycles. The van der Waals surface area contributed by atoms with Gasteiger partial charge in [0.05, 0.1) is 5.39 Å². The van der Waals surface area contributed by atoms with E-state index in [4.69, 9.17) is 0 Å². The molecule has 0 saturated carbocycles. The van der Waals surface area contributed by atoms with Crippen molar-refractivity contribution in [3.8, 4) is 0 Å². The van der Waals surface area contributed by atoms with E-state index in [-0.39, 0.29) is 5.91 Å². The van der Waals surface area contributed by atoms with Crippen molar-refractivity contribution in [2.45, 2.75) is 13.0 Å². The van der Waals surface area contributed by atoms with Crippen molar-refractivity contribution in [3.63, 3.8) is 0 Å². The molecule has 2 aromatic heterocycles. The molecule has 23 heavy (non-hydrogen) atoms. The number of benzene rings is 1. The maximum absolute atomic E-state index is 12.3.